The summed E-state index contributed by atoms with van der Waals surface area (Å²) >= 11 is 0. The number of carbonyl (C=O) groups is 1. The zero-order valence-corrected chi connectivity index (χ0v) is 12.8. The van der Waals surface area contributed by atoms with Crippen LogP contribution in [-0.2, 0) is 0 Å². The summed E-state index contributed by atoms with van der Waals surface area (Å²) in [5.74, 6) is -0.183. The van der Waals surface area contributed by atoms with Crippen LogP contribution < -0.4 is 5.32 Å². The number of carbonyl (C=O) groups excluding carboxylic acids is 1. The number of hydrogen-bond acceptors (Lipinski definition) is 2. The first-order chi connectivity index (χ1) is 9.95. The van der Waals surface area contributed by atoms with Crippen LogP contribution in [0, 0.1) is 25.2 Å². The van der Waals surface area contributed by atoms with Gasteiger partial charge in [0.05, 0.1) is 16.8 Å². The molecular weight excluding hydrogens is 262 g/mol. The molecule has 1 aromatic carbocycles. The lowest BCUT2D eigenvalue weighted by Crippen LogP contribution is -2.14. The van der Waals surface area contributed by atoms with Crippen molar-refractivity contribution in [2.24, 2.45) is 0 Å². The van der Waals surface area contributed by atoms with Crippen LogP contribution in [0.15, 0.2) is 30.3 Å². The van der Waals surface area contributed by atoms with E-state index in [9.17, 15) is 4.79 Å². The van der Waals surface area contributed by atoms with Gasteiger partial charge >= 0.3 is 0 Å². The Kier molecular flexibility index (Phi) is 4.13. The molecule has 0 spiro atoms. The Labute approximate surface area is 125 Å². The van der Waals surface area contributed by atoms with Gasteiger partial charge in [-0.25, -0.2) is 0 Å². The second-order valence-corrected chi connectivity index (χ2v) is 5.36. The molecule has 1 N–H and O–H groups in total. The number of rotatable bonds is 3. The average Bonchev–Trinajstić information content (AvgIpc) is 2.74. The summed E-state index contributed by atoms with van der Waals surface area (Å²) < 4.78 is 2.13. The van der Waals surface area contributed by atoms with E-state index in [-0.39, 0.29) is 5.91 Å². The smallest absolute Gasteiger partial charge is 0.257 e. The number of benzene rings is 1. The third-order valence-electron chi connectivity index (χ3n) is 3.54. The van der Waals surface area contributed by atoms with Crippen molar-refractivity contribution in [3.8, 4) is 6.07 Å². The highest BCUT2D eigenvalue weighted by Gasteiger charge is 2.17. The van der Waals surface area contributed by atoms with Crippen molar-refractivity contribution in [3.05, 3.63) is 52.8 Å². The lowest BCUT2D eigenvalue weighted by Gasteiger charge is -2.13. The predicted octanol–water partition coefficient (Wildman–Crippen LogP) is 3.81. The quantitative estimate of drug-likeness (QED) is 0.930. The van der Waals surface area contributed by atoms with Gasteiger partial charge in [-0.3, -0.25) is 4.79 Å². The van der Waals surface area contributed by atoms with Crippen molar-refractivity contribution in [1.82, 2.24) is 4.57 Å². The Morgan fingerprint density at radius 3 is 2.52 bits per heavy atom. The van der Waals surface area contributed by atoms with E-state index in [0.717, 1.165) is 11.4 Å². The third kappa shape index (κ3) is 2.82. The van der Waals surface area contributed by atoms with Gasteiger partial charge in [-0.05, 0) is 45.9 Å². The Hall–Kier alpha value is -2.54. The lowest BCUT2D eigenvalue weighted by atomic mass is 10.1. The molecule has 0 radical (unpaired) electrons. The Morgan fingerprint density at radius 2 is 1.95 bits per heavy atom. The van der Waals surface area contributed by atoms with E-state index in [1.807, 2.05) is 19.9 Å². The largest absolute Gasteiger partial charge is 0.346 e. The summed E-state index contributed by atoms with van der Waals surface area (Å²) in [7, 11) is 0. The molecule has 1 amide bonds. The average molecular weight is 281 g/mol. The molecule has 2 aromatic rings. The summed E-state index contributed by atoms with van der Waals surface area (Å²) in [5.41, 5.74) is 3.65. The zero-order valence-electron chi connectivity index (χ0n) is 12.8. The summed E-state index contributed by atoms with van der Waals surface area (Å²) in [5, 5.41) is 11.9. The number of anilines is 1. The molecule has 1 heterocycles. The molecule has 0 aliphatic heterocycles. The van der Waals surface area contributed by atoms with Crippen molar-refractivity contribution in [2.45, 2.75) is 33.7 Å². The van der Waals surface area contributed by atoms with E-state index in [4.69, 9.17) is 5.26 Å². The van der Waals surface area contributed by atoms with Crippen molar-refractivity contribution < 1.29 is 4.79 Å². The fraction of sp³-hybridized carbons (Fsp3) is 0.294. The summed E-state index contributed by atoms with van der Waals surface area (Å²) in [6.45, 7) is 8.12. The van der Waals surface area contributed by atoms with Crippen LogP contribution in [0.25, 0.3) is 0 Å². The van der Waals surface area contributed by atoms with Crippen LogP contribution >= 0.6 is 0 Å². The van der Waals surface area contributed by atoms with Gasteiger partial charge in [0.25, 0.3) is 5.91 Å². The monoisotopic (exact) mass is 281 g/mol. The maximum Gasteiger partial charge on any atom is 0.257 e. The van der Waals surface area contributed by atoms with Gasteiger partial charge in [0, 0.05) is 17.4 Å². The van der Waals surface area contributed by atoms with E-state index < -0.39 is 0 Å². The molecule has 0 aliphatic rings. The highest BCUT2D eigenvalue weighted by Crippen LogP contribution is 2.22. The van der Waals surface area contributed by atoms with Crippen molar-refractivity contribution in [3.63, 3.8) is 0 Å². The lowest BCUT2D eigenvalue weighted by molar-refractivity contribution is 0.102. The van der Waals surface area contributed by atoms with Crippen LogP contribution in [0.1, 0.15) is 47.2 Å². The molecule has 0 bridgehead atoms. The molecule has 0 fully saturated rings. The fourth-order valence-corrected chi connectivity index (χ4v) is 2.68. The van der Waals surface area contributed by atoms with Gasteiger partial charge in [0.1, 0.15) is 6.07 Å². The number of nitrogens with zero attached hydrogens (tertiary/aromatic N) is 2. The van der Waals surface area contributed by atoms with E-state index >= 15 is 0 Å². The van der Waals surface area contributed by atoms with Crippen molar-refractivity contribution in [1.29, 1.82) is 5.26 Å². The van der Waals surface area contributed by atoms with Crippen molar-refractivity contribution in [2.75, 3.05) is 5.32 Å². The number of hydrogen-bond donors (Lipinski definition) is 1. The number of nitrogens with one attached hydrogen (secondary N) is 1. The van der Waals surface area contributed by atoms with Gasteiger partial charge in [-0.2, -0.15) is 5.26 Å². The number of amides is 1. The summed E-state index contributed by atoms with van der Waals surface area (Å²) in [6.07, 6.45) is 0. The minimum atomic E-state index is -0.183. The third-order valence-corrected chi connectivity index (χ3v) is 3.54. The number of aromatic nitrogens is 1. The molecule has 0 saturated carbocycles. The van der Waals surface area contributed by atoms with Crippen LogP contribution in [0.4, 0.5) is 5.69 Å². The molecule has 4 nitrogen and oxygen atoms in total. The van der Waals surface area contributed by atoms with Crippen LogP contribution in [0.3, 0.4) is 0 Å². The van der Waals surface area contributed by atoms with E-state index in [1.165, 1.54) is 0 Å². The van der Waals surface area contributed by atoms with Gasteiger partial charge in [0.2, 0.25) is 0 Å². The normalized spacial score (nSPS) is 10.5. The van der Waals surface area contributed by atoms with Gasteiger partial charge < -0.3 is 9.88 Å². The van der Waals surface area contributed by atoms with E-state index in [2.05, 4.69) is 29.8 Å². The van der Waals surface area contributed by atoms with Gasteiger partial charge in [-0.1, -0.05) is 12.1 Å². The Morgan fingerprint density at radius 1 is 1.29 bits per heavy atom. The first-order valence-corrected chi connectivity index (χ1v) is 6.94. The first-order valence-electron chi connectivity index (χ1n) is 6.94. The molecular formula is C17H19N3O. The number of para-hydroxylation sites is 1. The maximum absolute atomic E-state index is 12.5. The second kappa shape index (κ2) is 5.84. The molecule has 21 heavy (non-hydrogen) atoms. The Bertz CT molecular complexity index is 720. The molecule has 108 valence electrons. The van der Waals surface area contributed by atoms with Crippen LogP contribution in [0.2, 0.25) is 0 Å². The van der Waals surface area contributed by atoms with Gasteiger partial charge in [0.15, 0.2) is 0 Å². The second-order valence-electron chi connectivity index (χ2n) is 5.36. The Balaban J connectivity index is 2.34. The standard InChI is InChI=1S/C17H19N3O/c1-11(2)20-12(3)9-15(13(20)4)17(21)19-16-8-6-5-7-14(16)10-18/h5-9,11H,1-4H3,(H,19,21). The number of nitriles is 1. The SMILES string of the molecule is Cc1cc(C(=O)Nc2ccccc2C#N)c(C)n1C(C)C. The predicted molar refractivity (Wildman–Crippen MR) is 83.4 cm³/mol. The molecule has 0 aliphatic carbocycles. The topological polar surface area (TPSA) is 57.8 Å². The van der Waals surface area contributed by atoms with E-state index in [1.54, 1.807) is 24.3 Å². The molecule has 0 saturated heterocycles. The minimum Gasteiger partial charge on any atom is -0.346 e. The first kappa shape index (κ1) is 14.9. The zero-order chi connectivity index (χ0) is 15.6. The van der Waals surface area contributed by atoms with Gasteiger partial charge in [-0.15, -0.1) is 0 Å². The van der Waals surface area contributed by atoms with Crippen LogP contribution in [-0.4, -0.2) is 10.5 Å². The van der Waals surface area contributed by atoms with Crippen molar-refractivity contribution >= 4 is 11.6 Å². The molecule has 2 rings (SSSR count). The molecule has 1 aromatic heterocycles. The maximum atomic E-state index is 12.5. The molecule has 4 heteroatoms. The fourth-order valence-electron chi connectivity index (χ4n) is 2.68. The summed E-state index contributed by atoms with van der Waals surface area (Å²) in [4.78, 5) is 12.5. The van der Waals surface area contributed by atoms with Crippen LogP contribution in [0.5, 0.6) is 0 Å². The summed E-state index contributed by atoms with van der Waals surface area (Å²) in [6, 6.07) is 11.3. The highest BCUT2D eigenvalue weighted by molar-refractivity contribution is 6.05. The van der Waals surface area contributed by atoms with E-state index in [0.29, 0.717) is 22.9 Å². The number of aryl methyl sites for hydroxylation is 1. The molecule has 0 atom stereocenters. The molecule has 0 unspecified atom stereocenters. The highest BCUT2D eigenvalue weighted by atomic mass is 16.1. The minimum absolute atomic E-state index is 0.183.